The smallest absolute Gasteiger partial charge is 0.0662 e. The van der Waals surface area contributed by atoms with E-state index in [0.29, 0.717) is 23.0 Å². The van der Waals surface area contributed by atoms with Crippen LogP contribution < -0.4 is 5.73 Å². The third-order valence-corrected chi connectivity index (χ3v) is 5.52. The van der Waals surface area contributed by atoms with Gasteiger partial charge in [0, 0.05) is 22.0 Å². The molecule has 0 heterocycles. The number of aliphatic hydroxyl groups is 1. The van der Waals surface area contributed by atoms with Gasteiger partial charge in [-0.15, -0.1) is 0 Å². The molecule has 2 rings (SSSR count). The first-order valence-electron chi connectivity index (χ1n) is 7.13. The number of halogens is 2. The quantitative estimate of drug-likeness (QED) is 0.883. The minimum absolute atomic E-state index is 0.120. The van der Waals surface area contributed by atoms with Crippen LogP contribution >= 0.6 is 23.2 Å². The summed E-state index contributed by atoms with van der Waals surface area (Å²) in [5.74, 6) is 0. The van der Waals surface area contributed by atoms with Crippen molar-refractivity contribution >= 4 is 23.2 Å². The van der Waals surface area contributed by atoms with Gasteiger partial charge in [0.15, 0.2) is 0 Å². The van der Waals surface area contributed by atoms with Gasteiger partial charge >= 0.3 is 0 Å². The molecule has 0 saturated heterocycles. The fraction of sp³-hybridized carbons (Fsp3) is 0.625. The summed E-state index contributed by atoms with van der Waals surface area (Å²) in [6, 6.07) is 5.52. The lowest BCUT2D eigenvalue weighted by Gasteiger charge is -2.49. The molecule has 1 aliphatic rings. The summed E-state index contributed by atoms with van der Waals surface area (Å²) < 4.78 is 0. The first kappa shape index (κ1) is 16.1. The summed E-state index contributed by atoms with van der Waals surface area (Å²) >= 11 is 12.6. The Kier molecular flexibility index (Phi) is 4.70. The van der Waals surface area contributed by atoms with Gasteiger partial charge in [0.25, 0.3) is 0 Å². The normalized spacial score (nSPS) is 29.4. The molecule has 1 fully saturated rings. The molecule has 20 heavy (non-hydrogen) atoms. The van der Waals surface area contributed by atoms with Gasteiger partial charge < -0.3 is 10.8 Å². The zero-order valence-electron chi connectivity index (χ0n) is 12.1. The fourth-order valence-electron chi connectivity index (χ4n) is 3.52. The molecule has 112 valence electrons. The lowest BCUT2D eigenvalue weighted by Crippen LogP contribution is -2.53. The van der Waals surface area contributed by atoms with Crippen molar-refractivity contribution in [3.8, 4) is 0 Å². The van der Waals surface area contributed by atoms with E-state index in [4.69, 9.17) is 28.9 Å². The van der Waals surface area contributed by atoms with Gasteiger partial charge in [-0.2, -0.15) is 0 Å². The molecule has 0 amide bonds. The molecular weight excluding hydrogens is 293 g/mol. The second kappa shape index (κ2) is 5.84. The predicted molar refractivity (Wildman–Crippen MR) is 85.3 cm³/mol. The second-order valence-corrected chi connectivity index (χ2v) is 7.50. The Hall–Kier alpha value is -0.280. The van der Waals surface area contributed by atoms with Crippen molar-refractivity contribution in [1.29, 1.82) is 0 Å². The molecule has 0 aromatic heterocycles. The second-order valence-electron chi connectivity index (χ2n) is 6.69. The summed E-state index contributed by atoms with van der Waals surface area (Å²) in [7, 11) is 0. The van der Waals surface area contributed by atoms with Gasteiger partial charge in [-0.05, 0) is 42.4 Å². The van der Waals surface area contributed by atoms with Crippen LogP contribution in [0.4, 0.5) is 0 Å². The van der Waals surface area contributed by atoms with Crippen molar-refractivity contribution in [1.82, 2.24) is 0 Å². The average Bonchev–Trinajstić information content (AvgIpc) is 2.39. The monoisotopic (exact) mass is 315 g/mol. The van der Waals surface area contributed by atoms with Crippen LogP contribution in [0.15, 0.2) is 18.2 Å². The highest BCUT2D eigenvalue weighted by Crippen LogP contribution is 2.48. The third kappa shape index (κ3) is 2.85. The Morgan fingerprint density at radius 3 is 2.40 bits per heavy atom. The molecule has 2 nitrogen and oxygen atoms in total. The maximum atomic E-state index is 10.8. The minimum atomic E-state index is -0.443. The van der Waals surface area contributed by atoms with E-state index < -0.39 is 6.10 Å². The van der Waals surface area contributed by atoms with Gasteiger partial charge in [0.1, 0.15) is 0 Å². The Labute approximate surface area is 131 Å². The molecule has 0 bridgehead atoms. The van der Waals surface area contributed by atoms with Gasteiger partial charge in [0.05, 0.1) is 6.10 Å². The van der Waals surface area contributed by atoms with Crippen LogP contribution in [0.3, 0.4) is 0 Å². The maximum absolute atomic E-state index is 10.8. The summed E-state index contributed by atoms with van der Waals surface area (Å²) in [6.45, 7) is 4.66. The number of rotatable bonds is 3. The molecule has 1 saturated carbocycles. The molecule has 1 aromatic rings. The molecule has 2 unspecified atom stereocenters. The Morgan fingerprint density at radius 2 is 1.85 bits per heavy atom. The number of hydrogen-bond donors (Lipinski definition) is 2. The van der Waals surface area contributed by atoms with E-state index in [1.807, 2.05) is 18.2 Å². The number of benzene rings is 1. The van der Waals surface area contributed by atoms with Crippen LogP contribution in [0.5, 0.6) is 0 Å². The van der Waals surface area contributed by atoms with Crippen molar-refractivity contribution in [2.45, 2.75) is 45.6 Å². The van der Waals surface area contributed by atoms with Crippen LogP contribution in [-0.2, 0) is 6.42 Å². The fourth-order valence-corrected chi connectivity index (χ4v) is 4.05. The molecule has 0 aliphatic heterocycles. The average molecular weight is 316 g/mol. The van der Waals surface area contributed by atoms with Gasteiger partial charge in [-0.1, -0.05) is 49.5 Å². The van der Waals surface area contributed by atoms with E-state index in [-0.39, 0.29) is 10.8 Å². The first-order chi connectivity index (χ1) is 9.32. The Morgan fingerprint density at radius 1 is 1.25 bits per heavy atom. The van der Waals surface area contributed by atoms with Crippen molar-refractivity contribution in [2.24, 2.45) is 16.6 Å². The number of nitrogens with two attached hydrogens (primary N) is 1. The van der Waals surface area contributed by atoms with E-state index in [1.165, 1.54) is 0 Å². The minimum Gasteiger partial charge on any atom is -0.392 e. The van der Waals surface area contributed by atoms with E-state index >= 15 is 0 Å². The van der Waals surface area contributed by atoms with Crippen molar-refractivity contribution in [2.75, 3.05) is 6.54 Å². The van der Waals surface area contributed by atoms with Gasteiger partial charge in [-0.25, -0.2) is 0 Å². The maximum Gasteiger partial charge on any atom is 0.0662 e. The van der Waals surface area contributed by atoms with Crippen LogP contribution in [0.2, 0.25) is 10.0 Å². The van der Waals surface area contributed by atoms with E-state index in [2.05, 4.69) is 13.8 Å². The predicted octanol–water partition coefficient (Wildman–Crippen LogP) is 4.05. The molecule has 4 heteroatoms. The Bertz CT molecular complexity index is 469. The summed E-state index contributed by atoms with van der Waals surface area (Å²) in [5, 5.41) is 12.1. The lowest BCUT2D eigenvalue weighted by molar-refractivity contribution is -0.0884. The first-order valence-corrected chi connectivity index (χ1v) is 7.89. The van der Waals surface area contributed by atoms with Crippen molar-refractivity contribution < 1.29 is 5.11 Å². The van der Waals surface area contributed by atoms with Gasteiger partial charge in [0.2, 0.25) is 0 Å². The Balaban J connectivity index is 2.37. The van der Waals surface area contributed by atoms with Crippen LogP contribution in [0.25, 0.3) is 0 Å². The third-order valence-electron chi connectivity index (χ3n) is 4.81. The molecule has 0 spiro atoms. The number of aliphatic hydroxyl groups excluding tert-OH is 1. The van der Waals surface area contributed by atoms with E-state index in [1.54, 1.807) is 0 Å². The van der Waals surface area contributed by atoms with Crippen LogP contribution in [-0.4, -0.2) is 17.8 Å². The highest BCUT2D eigenvalue weighted by atomic mass is 35.5. The zero-order valence-corrected chi connectivity index (χ0v) is 13.6. The van der Waals surface area contributed by atoms with Crippen molar-refractivity contribution in [3.05, 3.63) is 33.8 Å². The van der Waals surface area contributed by atoms with E-state index in [9.17, 15) is 5.11 Å². The summed E-state index contributed by atoms with van der Waals surface area (Å²) in [5.41, 5.74) is 6.50. The lowest BCUT2D eigenvalue weighted by atomic mass is 9.59. The molecule has 2 atom stereocenters. The standard InChI is InChI=1S/C16H23Cl2NO/c1-15(2)7-4-8-16(10-19,14(15)20)9-11-12(17)5-3-6-13(11)18/h3,5-6,14,20H,4,7-10,19H2,1-2H3. The SMILES string of the molecule is CC1(C)CCCC(CN)(Cc2c(Cl)cccc2Cl)C1O. The molecule has 0 radical (unpaired) electrons. The molecular formula is C16H23Cl2NO. The molecule has 1 aromatic carbocycles. The topological polar surface area (TPSA) is 46.2 Å². The summed E-state index contributed by atoms with van der Waals surface area (Å²) in [4.78, 5) is 0. The van der Waals surface area contributed by atoms with E-state index in [0.717, 1.165) is 24.8 Å². The largest absolute Gasteiger partial charge is 0.392 e. The highest BCUT2D eigenvalue weighted by Gasteiger charge is 2.48. The van der Waals surface area contributed by atoms with Gasteiger partial charge in [-0.3, -0.25) is 0 Å². The number of hydrogen-bond acceptors (Lipinski definition) is 2. The molecule has 3 N–H and O–H groups in total. The molecule has 1 aliphatic carbocycles. The zero-order chi connectivity index (χ0) is 15.0. The van der Waals surface area contributed by atoms with Crippen LogP contribution in [0, 0.1) is 10.8 Å². The summed E-state index contributed by atoms with van der Waals surface area (Å²) in [6.07, 6.45) is 3.19. The van der Waals surface area contributed by atoms with Crippen molar-refractivity contribution in [3.63, 3.8) is 0 Å². The highest BCUT2D eigenvalue weighted by molar-refractivity contribution is 6.36. The van der Waals surface area contributed by atoms with Crippen LogP contribution in [0.1, 0.15) is 38.7 Å².